The van der Waals surface area contributed by atoms with Gasteiger partial charge in [0.2, 0.25) is 0 Å². The number of aromatic nitrogens is 3. The van der Waals surface area contributed by atoms with Crippen LogP contribution in [0.1, 0.15) is 12.1 Å². The fraction of sp³-hybridized carbons (Fsp3) is 0.333. The third-order valence-corrected chi connectivity index (χ3v) is 4.67. The summed E-state index contributed by atoms with van der Waals surface area (Å²) in [5.41, 5.74) is 9.83. The van der Waals surface area contributed by atoms with Gasteiger partial charge in [-0.15, -0.1) is 0 Å². The van der Waals surface area contributed by atoms with Crippen LogP contribution in [0.4, 0.5) is 5.82 Å². The van der Waals surface area contributed by atoms with E-state index < -0.39 is 0 Å². The molecule has 4 heterocycles. The monoisotopic (exact) mass is 323 g/mol. The van der Waals surface area contributed by atoms with E-state index >= 15 is 0 Å². The highest BCUT2D eigenvalue weighted by Gasteiger charge is 2.25. The zero-order valence-corrected chi connectivity index (χ0v) is 13.9. The molecule has 0 saturated carbocycles. The van der Waals surface area contributed by atoms with Crippen LogP contribution in [-0.2, 0) is 0 Å². The van der Waals surface area contributed by atoms with E-state index in [2.05, 4.69) is 34.2 Å². The summed E-state index contributed by atoms with van der Waals surface area (Å²) in [6.07, 6.45) is 4.92. The second-order valence-corrected chi connectivity index (χ2v) is 6.41. The number of rotatable bonds is 4. The highest BCUT2D eigenvalue weighted by molar-refractivity contribution is 5.74. The number of hydrogen-bond donors (Lipinski definition) is 1. The summed E-state index contributed by atoms with van der Waals surface area (Å²) >= 11 is 0. The quantitative estimate of drug-likeness (QED) is 0.798. The van der Waals surface area contributed by atoms with Crippen LogP contribution in [0.15, 0.2) is 36.7 Å². The van der Waals surface area contributed by atoms with Crippen molar-refractivity contribution in [3.05, 3.63) is 42.4 Å². The zero-order valence-electron chi connectivity index (χ0n) is 13.9. The summed E-state index contributed by atoms with van der Waals surface area (Å²) in [7, 11) is 2.13. The van der Waals surface area contributed by atoms with Crippen LogP contribution in [0.25, 0.3) is 16.6 Å². The Balaban J connectivity index is 1.67. The Labute approximate surface area is 140 Å². The lowest BCUT2D eigenvalue weighted by Gasteiger charge is -2.37. The molecule has 6 nitrogen and oxygen atoms in total. The third kappa shape index (κ3) is 2.69. The van der Waals surface area contributed by atoms with E-state index in [4.69, 9.17) is 10.5 Å². The first-order valence-corrected chi connectivity index (χ1v) is 8.15. The number of nitrogens with two attached hydrogens (primary N) is 1. The predicted octanol–water partition coefficient (Wildman–Crippen LogP) is 2.37. The van der Waals surface area contributed by atoms with Gasteiger partial charge in [0.1, 0.15) is 18.2 Å². The molecule has 1 unspecified atom stereocenters. The van der Waals surface area contributed by atoms with Crippen molar-refractivity contribution < 1.29 is 4.74 Å². The van der Waals surface area contributed by atoms with E-state index in [1.165, 1.54) is 6.42 Å². The number of nitrogen functional groups attached to an aromatic ring is 1. The molecule has 3 aromatic rings. The highest BCUT2D eigenvalue weighted by atomic mass is 16.5. The Bertz CT molecular complexity index is 888. The Hall–Kier alpha value is -2.60. The molecule has 0 bridgehead atoms. The van der Waals surface area contributed by atoms with Gasteiger partial charge >= 0.3 is 0 Å². The minimum Gasteiger partial charge on any atom is -0.490 e. The summed E-state index contributed by atoms with van der Waals surface area (Å²) in [4.78, 5) is 6.70. The first kappa shape index (κ1) is 15.0. The Kier molecular flexibility index (Phi) is 3.61. The lowest BCUT2D eigenvalue weighted by atomic mass is 10.0. The SMILES string of the molecule is Cc1cc(-c2ccn3nc(N)cc3c2)c(OCC2CCN2C)cn1. The summed E-state index contributed by atoms with van der Waals surface area (Å²) in [5.74, 6) is 1.33. The Morgan fingerprint density at radius 2 is 2.21 bits per heavy atom. The number of anilines is 1. The van der Waals surface area contributed by atoms with E-state index in [9.17, 15) is 0 Å². The zero-order chi connectivity index (χ0) is 16.7. The normalized spacial score (nSPS) is 17.8. The number of aryl methyl sites for hydroxylation is 1. The molecule has 4 rings (SSSR count). The van der Waals surface area contributed by atoms with Crippen LogP contribution in [0, 0.1) is 6.92 Å². The second kappa shape index (κ2) is 5.79. The number of likely N-dealkylation sites (N-methyl/N-ethyl adjacent to an activating group) is 1. The minimum atomic E-state index is 0.497. The molecule has 1 fully saturated rings. The van der Waals surface area contributed by atoms with Crippen LogP contribution in [-0.4, -0.2) is 45.7 Å². The molecule has 0 radical (unpaired) electrons. The lowest BCUT2D eigenvalue weighted by molar-refractivity contribution is 0.0769. The van der Waals surface area contributed by atoms with E-state index in [-0.39, 0.29) is 0 Å². The molecule has 0 amide bonds. The van der Waals surface area contributed by atoms with Gasteiger partial charge in [-0.05, 0) is 50.7 Å². The Morgan fingerprint density at radius 1 is 1.33 bits per heavy atom. The van der Waals surface area contributed by atoms with Crippen molar-refractivity contribution in [1.29, 1.82) is 0 Å². The predicted molar refractivity (Wildman–Crippen MR) is 94.1 cm³/mol. The summed E-state index contributed by atoms with van der Waals surface area (Å²) in [6.45, 7) is 3.82. The molecule has 2 N–H and O–H groups in total. The Morgan fingerprint density at radius 3 is 2.96 bits per heavy atom. The van der Waals surface area contributed by atoms with Crippen molar-refractivity contribution in [2.24, 2.45) is 0 Å². The van der Waals surface area contributed by atoms with E-state index in [1.807, 2.05) is 31.5 Å². The van der Waals surface area contributed by atoms with E-state index in [0.29, 0.717) is 18.5 Å². The van der Waals surface area contributed by atoms with E-state index in [1.54, 1.807) is 4.52 Å². The molecule has 6 heteroatoms. The van der Waals surface area contributed by atoms with Gasteiger partial charge < -0.3 is 10.5 Å². The number of fused-ring (bicyclic) bond motifs is 1. The van der Waals surface area contributed by atoms with Crippen molar-refractivity contribution in [2.75, 3.05) is 25.9 Å². The van der Waals surface area contributed by atoms with Gasteiger partial charge in [0.15, 0.2) is 0 Å². The summed E-state index contributed by atoms with van der Waals surface area (Å²) in [6, 6.07) is 8.51. The maximum absolute atomic E-state index is 6.09. The summed E-state index contributed by atoms with van der Waals surface area (Å²) < 4.78 is 7.86. The molecule has 24 heavy (non-hydrogen) atoms. The molecule has 0 spiro atoms. The second-order valence-electron chi connectivity index (χ2n) is 6.41. The molecular weight excluding hydrogens is 302 g/mol. The van der Waals surface area contributed by atoms with Crippen molar-refractivity contribution in [2.45, 2.75) is 19.4 Å². The fourth-order valence-corrected chi connectivity index (χ4v) is 3.04. The van der Waals surface area contributed by atoms with Crippen molar-refractivity contribution in [3.8, 4) is 16.9 Å². The average molecular weight is 323 g/mol. The smallest absolute Gasteiger partial charge is 0.146 e. The van der Waals surface area contributed by atoms with Gasteiger partial charge in [-0.25, -0.2) is 4.52 Å². The molecule has 0 aliphatic carbocycles. The van der Waals surface area contributed by atoms with Gasteiger partial charge in [-0.1, -0.05) is 0 Å². The molecule has 1 aliphatic rings. The molecule has 1 aliphatic heterocycles. The number of likely N-dealkylation sites (tertiary alicyclic amines) is 1. The molecule has 0 aromatic carbocycles. The number of hydrogen-bond acceptors (Lipinski definition) is 5. The number of ether oxygens (including phenoxy) is 1. The average Bonchev–Trinajstić information content (AvgIpc) is 2.93. The largest absolute Gasteiger partial charge is 0.490 e. The first-order chi connectivity index (χ1) is 11.6. The molecule has 1 atom stereocenters. The lowest BCUT2D eigenvalue weighted by Crippen LogP contribution is -2.48. The third-order valence-electron chi connectivity index (χ3n) is 4.67. The van der Waals surface area contributed by atoms with Gasteiger partial charge in [0.25, 0.3) is 0 Å². The minimum absolute atomic E-state index is 0.497. The van der Waals surface area contributed by atoms with Crippen LogP contribution >= 0.6 is 0 Å². The van der Waals surface area contributed by atoms with Gasteiger partial charge in [0, 0.05) is 29.6 Å². The van der Waals surface area contributed by atoms with Crippen molar-refractivity contribution in [1.82, 2.24) is 19.5 Å². The molecule has 3 aromatic heterocycles. The van der Waals surface area contributed by atoms with E-state index in [0.717, 1.165) is 34.6 Å². The maximum atomic E-state index is 6.09. The van der Waals surface area contributed by atoms with Gasteiger partial charge in [-0.3, -0.25) is 9.88 Å². The molecule has 1 saturated heterocycles. The molecule has 124 valence electrons. The molecular formula is C18H21N5O. The van der Waals surface area contributed by atoms with Crippen LogP contribution in [0.2, 0.25) is 0 Å². The number of nitrogens with zero attached hydrogens (tertiary/aromatic N) is 4. The van der Waals surface area contributed by atoms with Crippen LogP contribution in [0.3, 0.4) is 0 Å². The summed E-state index contributed by atoms with van der Waals surface area (Å²) in [5, 5.41) is 4.22. The first-order valence-electron chi connectivity index (χ1n) is 8.15. The topological polar surface area (TPSA) is 68.7 Å². The van der Waals surface area contributed by atoms with Crippen LogP contribution in [0.5, 0.6) is 5.75 Å². The fourth-order valence-electron chi connectivity index (χ4n) is 3.04. The highest BCUT2D eigenvalue weighted by Crippen LogP contribution is 2.31. The maximum Gasteiger partial charge on any atom is 0.146 e. The number of pyridine rings is 2. The van der Waals surface area contributed by atoms with Gasteiger partial charge in [0.05, 0.1) is 11.7 Å². The van der Waals surface area contributed by atoms with Crippen molar-refractivity contribution in [3.63, 3.8) is 0 Å². The van der Waals surface area contributed by atoms with Crippen LogP contribution < -0.4 is 10.5 Å². The standard InChI is InChI=1S/C18H21N5O/c1-12-7-16(13-3-6-23-15(8-13)9-18(19)21-23)17(10-20-12)24-11-14-4-5-22(14)2/h3,6-10,14H,4-5,11H2,1-2H3,(H2,19,21). The van der Waals surface area contributed by atoms with Crippen molar-refractivity contribution >= 4 is 11.3 Å². The van der Waals surface area contributed by atoms with Gasteiger partial charge in [-0.2, -0.15) is 5.10 Å².